The molecule has 2 aromatic heterocycles. The van der Waals surface area contributed by atoms with E-state index in [1.54, 1.807) is 34.9 Å². The van der Waals surface area contributed by atoms with Crippen molar-refractivity contribution in [3.63, 3.8) is 0 Å². The van der Waals surface area contributed by atoms with Gasteiger partial charge in [0.05, 0.1) is 12.1 Å². The smallest absolute Gasteiger partial charge is 0.262 e. The number of aryl methyl sites for hydroxylation is 1. The Labute approximate surface area is 163 Å². The molecule has 0 bridgehead atoms. The summed E-state index contributed by atoms with van der Waals surface area (Å²) < 4.78 is 13.0. The van der Waals surface area contributed by atoms with Gasteiger partial charge >= 0.3 is 0 Å². The van der Waals surface area contributed by atoms with Crippen LogP contribution in [0.1, 0.15) is 15.4 Å². The fourth-order valence-corrected chi connectivity index (χ4v) is 3.80. The second-order valence-corrected chi connectivity index (χ2v) is 7.82. The van der Waals surface area contributed by atoms with E-state index in [1.807, 2.05) is 19.1 Å². The molecule has 0 aliphatic rings. The van der Waals surface area contributed by atoms with Crippen LogP contribution in [-0.4, -0.2) is 16.8 Å². The molecule has 0 unspecified atom stereocenters. The fourth-order valence-electron chi connectivity index (χ4n) is 2.20. The Hall–Kier alpha value is -2.84. The van der Waals surface area contributed by atoms with Gasteiger partial charge in [-0.05, 0) is 49.4 Å². The van der Waals surface area contributed by atoms with Crippen LogP contribution in [0.25, 0.3) is 16.6 Å². The van der Waals surface area contributed by atoms with Gasteiger partial charge in [-0.25, -0.2) is 9.37 Å². The van der Waals surface area contributed by atoms with E-state index in [2.05, 4.69) is 15.8 Å². The van der Waals surface area contributed by atoms with Crippen LogP contribution in [0.4, 0.5) is 4.39 Å². The fraction of sp³-hybridized carbons (Fsp3) is 0.105. The number of hydrazine groups is 1. The number of hydrogen-bond donors (Lipinski definition) is 2. The van der Waals surface area contributed by atoms with Crippen LogP contribution in [0.2, 0.25) is 0 Å². The van der Waals surface area contributed by atoms with Gasteiger partial charge in [0.25, 0.3) is 5.91 Å². The zero-order chi connectivity index (χ0) is 19.2. The van der Waals surface area contributed by atoms with E-state index in [-0.39, 0.29) is 18.1 Å². The number of halogens is 1. The average Bonchev–Trinajstić information content (AvgIpc) is 3.28. The molecule has 3 rings (SSSR count). The summed E-state index contributed by atoms with van der Waals surface area (Å²) in [5.74, 6) is -1.10. The van der Waals surface area contributed by atoms with Crippen molar-refractivity contribution < 1.29 is 14.0 Å². The maximum atomic E-state index is 13.0. The molecule has 0 fully saturated rings. The molecule has 3 aromatic rings. The summed E-state index contributed by atoms with van der Waals surface area (Å²) >= 11 is 2.95. The zero-order valence-corrected chi connectivity index (χ0v) is 16.0. The van der Waals surface area contributed by atoms with Crippen LogP contribution in [0.15, 0.2) is 47.9 Å². The summed E-state index contributed by atoms with van der Waals surface area (Å²) in [6, 6.07) is 9.90. The molecule has 5 nitrogen and oxygen atoms in total. The molecule has 0 aliphatic heterocycles. The first-order chi connectivity index (χ1) is 13.0. The molecule has 0 saturated heterocycles. The maximum Gasteiger partial charge on any atom is 0.262 e. The van der Waals surface area contributed by atoms with Crippen molar-refractivity contribution in [3.05, 3.63) is 69.1 Å². The third kappa shape index (κ3) is 5.57. The van der Waals surface area contributed by atoms with Crippen LogP contribution < -0.4 is 10.9 Å². The normalized spacial score (nSPS) is 10.9. The molecule has 0 radical (unpaired) electrons. The number of thiophene rings is 1. The van der Waals surface area contributed by atoms with Gasteiger partial charge in [-0.1, -0.05) is 0 Å². The van der Waals surface area contributed by atoms with Gasteiger partial charge in [0.1, 0.15) is 10.8 Å². The first kappa shape index (κ1) is 18.9. The second kappa shape index (κ2) is 8.70. The number of nitrogens with one attached hydrogen (secondary N) is 2. The van der Waals surface area contributed by atoms with E-state index >= 15 is 0 Å². The lowest BCUT2D eigenvalue weighted by Gasteiger charge is -2.03. The molecule has 0 atom stereocenters. The number of nitrogens with zero attached hydrogens (tertiary/aromatic N) is 1. The van der Waals surface area contributed by atoms with Gasteiger partial charge in [0.15, 0.2) is 0 Å². The number of thiazole rings is 1. The predicted octanol–water partition coefficient (Wildman–Crippen LogP) is 3.72. The predicted molar refractivity (Wildman–Crippen MR) is 106 cm³/mol. The molecule has 0 spiro atoms. The van der Waals surface area contributed by atoms with Gasteiger partial charge in [-0.15, -0.1) is 22.7 Å². The van der Waals surface area contributed by atoms with Crippen LogP contribution in [-0.2, 0) is 16.0 Å². The van der Waals surface area contributed by atoms with Crippen LogP contribution in [0.5, 0.6) is 0 Å². The van der Waals surface area contributed by atoms with Gasteiger partial charge in [0.2, 0.25) is 5.91 Å². The van der Waals surface area contributed by atoms with E-state index in [9.17, 15) is 14.0 Å². The molecule has 2 N–H and O–H groups in total. The SMILES string of the molecule is Cc1ccc(/C=C/C(=O)NNC(=O)Cc2csc(-c3ccc(F)cc3)n2)s1. The molecular formula is C19H16FN3O2S2. The molecule has 2 heterocycles. The molecule has 0 saturated carbocycles. The van der Waals surface area contributed by atoms with Crippen molar-refractivity contribution in [1.29, 1.82) is 0 Å². The Bertz CT molecular complexity index is 977. The minimum Gasteiger partial charge on any atom is -0.273 e. The Kier molecular flexibility index (Phi) is 6.10. The van der Waals surface area contributed by atoms with Crippen molar-refractivity contribution in [3.8, 4) is 10.6 Å². The van der Waals surface area contributed by atoms with Crippen LogP contribution >= 0.6 is 22.7 Å². The monoisotopic (exact) mass is 401 g/mol. The molecular weight excluding hydrogens is 385 g/mol. The number of hydrogen-bond acceptors (Lipinski definition) is 5. The summed E-state index contributed by atoms with van der Waals surface area (Å²) in [5.41, 5.74) is 6.06. The summed E-state index contributed by atoms with van der Waals surface area (Å²) in [6.45, 7) is 1.99. The second-order valence-electron chi connectivity index (χ2n) is 5.65. The highest BCUT2D eigenvalue weighted by molar-refractivity contribution is 7.13. The Morgan fingerprint density at radius 3 is 2.63 bits per heavy atom. The van der Waals surface area contributed by atoms with Crippen molar-refractivity contribution in [2.45, 2.75) is 13.3 Å². The highest BCUT2D eigenvalue weighted by Gasteiger charge is 2.09. The quantitative estimate of drug-likeness (QED) is 0.506. The van der Waals surface area contributed by atoms with Gasteiger partial charge in [-0.2, -0.15) is 0 Å². The van der Waals surface area contributed by atoms with E-state index < -0.39 is 5.91 Å². The molecule has 2 amide bonds. The van der Waals surface area contributed by atoms with E-state index in [4.69, 9.17) is 0 Å². The third-order valence-corrected chi connectivity index (χ3v) is 5.38. The van der Waals surface area contributed by atoms with E-state index in [0.29, 0.717) is 10.7 Å². The van der Waals surface area contributed by atoms with Crippen molar-refractivity contribution in [1.82, 2.24) is 15.8 Å². The molecule has 8 heteroatoms. The molecule has 138 valence electrons. The summed E-state index contributed by atoms with van der Waals surface area (Å²) in [6.07, 6.45) is 3.08. The van der Waals surface area contributed by atoms with Crippen LogP contribution in [0, 0.1) is 12.7 Å². The van der Waals surface area contributed by atoms with Gasteiger partial charge in [-0.3, -0.25) is 20.4 Å². The van der Waals surface area contributed by atoms with Gasteiger partial charge in [0, 0.05) is 26.8 Å². The summed E-state index contributed by atoms with van der Waals surface area (Å²) in [7, 11) is 0. The van der Waals surface area contributed by atoms with Crippen molar-refractivity contribution in [2.24, 2.45) is 0 Å². The number of aromatic nitrogens is 1. The first-order valence-corrected chi connectivity index (χ1v) is 9.73. The maximum absolute atomic E-state index is 13.0. The topological polar surface area (TPSA) is 71.1 Å². The van der Waals surface area contributed by atoms with Gasteiger partial charge < -0.3 is 0 Å². The number of rotatable bonds is 5. The van der Waals surface area contributed by atoms with Crippen molar-refractivity contribution >= 4 is 40.6 Å². The highest BCUT2D eigenvalue weighted by atomic mass is 32.1. The molecule has 0 aliphatic carbocycles. The minimum absolute atomic E-state index is 0.0335. The lowest BCUT2D eigenvalue weighted by atomic mass is 10.2. The van der Waals surface area contributed by atoms with Crippen LogP contribution in [0.3, 0.4) is 0 Å². The summed E-state index contributed by atoms with van der Waals surface area (Å²) in [4.78, 5) is 30.2. The lowest BCUT2D eigenvalue weighted by Crippen LogP contribution is -2.41. The van der Waals surface area contributed by atoms with Crippen molar-refractivity contribution in [2.75, 3.05) is 0 Å². The average molecular weight is 401 g/mol. The number of carbonyl (C=O) groups excluding carboxylic acids is 2. The minimum atomic E-state index is -0.417. The Morgan fingerprint density at radius 2 is 1.93 bits per heavy atom. The third-order valence-electron chi connectivity index (χ3n) is 3.47. The lowest BCUT2D eigenvalue weighted by molar-refractivity contribution is -0.126. The summed E-state index contributed by atoms with van der Waals surface area (Å²) in [5, 5.41) is 2.47. The van der Waals surface area contributed by atoms with E-state index in [0.717, 1.165) is 15.3 Å². The number of amides is 2. The van der Waals surface area contributed by atoms with E-state index in [1.165, 1.54) is 29.5 Å². The largest absolute Gasteiger partial charge is 0.273 e. The highest BCUT2D eigenvalue weighted by Crippen LogP contribution is 2.24. The molecule has 1 aromatic carbocycles. The standard InChI is InChI=1S/C19H16FN3O2S2/c1-12-2-7-16(27-12)8-9-17(24)22-23-18(25)10-15-11-26-19(21-15)13-3-5-14(20)6-4-13/h2-9,11H,10H2,1H3,(H,22,24)(H,23,25)/b9-8+. The Balaban J connectivity index is 1.48. The molecule has 27 heavy (non-hydrogen) atoms. The zero-order valence-electron chi connectivity index (χ0n) is 14.4. The number of benzene rings is 1. The Morgan fingerprint density at radius 1 is 1.15 bits per heavy atom. The first-order valence-electron chi connectivity index (χ1n) is 8.03. The number of carbonyl (C=O) groups is 2.